The quantitative estimate of drug-likeness (QED) is 0.161. The highest BCUT2D eigenvalue weighted by atomic mass is 16.6. The molecule has 0 N–H and O–H groups in total. The standard InChI is InChI=1S/C59H38N2O2/c1-3-13-39(14-4-1)40-23-27-43(28-24-40)52-38-53(61-58(60-52)45-15-5-2-6-16-45)44-29-25-41(26-30-44)42-31-33-46(34-32-42)59(50-19-9-7-17-48(50)49-18-8-10-20-51(49)59)47-35-36-56-57(37-47)63-55-22-12-11-21-54(55)62-56/h1-38H. The molecule has 1 aromatic heterocycles. The Morgan fingerprint density at radius 1 is 0.286 bits per heavy atom. The van der Waals surface area contributed by atoms with Crippen molar-refractivity contribution in [3.8, 4) is 90.3 Å². The van der Waals surface area contributed by atoms with Crippen molar-refractivity contribution in [3.05, 3.63) is 253 Å². The number of nitrogens with zero attached hydrogens (tertiary/aromatic N) is 2. The third kappa shape index (κ3) is 6.23. The van der Waals surface area contributed by atoms with E-state index >= 15 is 0 Å². The monoisotopic (exact) mass is 806 g/mol. The Hall–Kier alpha value is -8.34. The van der Waals surface area contributed by atoms with Gasteiger partial charge in [0.05, 0.1) is 16.8 Å². The molecule has 0 unspecified atom stereocenters. The topological polar surface area (TPSA) is 44.2 Å². The van der Waals surface area contributed by atoms with Gasteiger partial charge in [-0.3, -0.25) is 0 Å². The third-order valence-electron chi connectivity index (χ3n) is 12.5. The highest BCUT2D eigenvalue weighted by Crippen LogP contribution is 2.58. The van der Waals surface area contributed by atoms with Crippen molar-refractivity contribution in [1.82, 2.24) is 9.97 Å². The van der Waals surface area contributed by atoms with E-state index in [9.17, 15) is 0 Å². The largest absolute Gasteiger partial charge is 0.450 e. The summed E-state index contributed by atoms with van der Waals surface area (Å²) in [4.78, 5) is 10.2. The number of benzene rings is 9. The second-order valence-corrected chi connectivity index (χ2v) is 16.1. The third-order valence-corrected chi connectivity index (χ3v) is 12.5. The Balaban J connectivity index is 0.911. The normalized spacial score (nSPS) is 12.8. The molecule has 296 valence electrons. The molecule has 0 saturated heterocycles. The highest BCUT2D eigenvalue weighted by molar-refractivity contribution is 5.87. The average molecular weight is 807 g/mol. The van der Waals surface area contributed by atoms with E-state index < -0.39 is 5.41 Å². The molecule has 63 heavy (non-hydrogen) atoms. The minimum atomic E-state index is -0.589. The lowest BCUT2D eigenvalue weighted by Crippen LogP contribution is -2.28. The van der Waals surface area contributed by atoms with Crippen LogP contribution < -0.4 is 9.47 Å². The van der Waals surface area contributed by atoms with E-state index in [2.05, 4.69) is 176 Å². The maximum Gasteiger partial charge on any atom is 0.170 e. The van der Waals surface area contributed by atoms with Gasteiger partial charge in [-0.15, -0.1) is 0 Å². The van der Waals surface area contributed by atoms with Crippen LogP contribution in [-0.4, -0.2) is 9.97 Å². The van der Waals surface area contributed by atoms with Gasteiger partial charge in [0.25, 0.3) is 0 Å². The van der Waals surface area contributed by atoms with Crippen LogP contribution in [0.25, 0.3) is 67.3 Å². The summed E-state index contributed by atoms with van der Waals surface area (Å²) in [6.07, 6.45) is 0. The van der Waals surface area contributed by atoms with Gasteiger partial charge in [-0.1, -0.05) is 200 Å². The maximum absolute atomic E-state index is 6.50. The van der Waals surface area contributed by atoms with Gasteiger partial charge in [-0.05, 0) is 86.0 Å². The zero-order chi connectivity index (χ0) is 41.7. The van der Waals surface area contributed by atoms with Gasteiger partial charge in [0.1, 0.15) is 0 Å². The molecule has 1 aliphatic heterocycles. The van der Waals surface area contributed by atoms with Gasteiger partial charge in [-0.25, -0.2) is 9.97 Å². The first-order valence-corrected chi connectivity index (χ1v) is 21.3. The Bertz CT molecular complexity index is 3260. The van der Waals surface area contributed by atoms with E-state index in [1.165, 1.54) is 38.9 Å². The summed E-state index contributed by atoms with van der Waals surface area (Å²) >= 11 is 0. The summed E-state index contributed by atoms with van der Waals surface area (Å²) in [6, 6.07) is 81.0. The number of hydrogen-bond donors (Lipinski definition) is 0. The van der Waals surface area contributed by atoms with E-state index in [1.54, 1.807) is 0 Å². The first kappa shape index (κ1) is 36.5. The van der Waals surface area contributed by atoms with Crippen molar-refractivity contribution in [3.63, 3.8) is 0 Å². The van der Waals surface area contributed by atoms with Gasteiger partial charge >= 0.3 is 0 Å². The van der Waals surface area contributed by atoms with Crippen LogP contribution in [0.2, 0.25) is 0 Å². The van der Waals surface area contributed by atoms with Crippen LogP contribution in [0.15, 0.2) is 231 Å². The van der Waals surface area contributed by atoms with Crippen molar-refractivity contribution in [1.29, 1.82) is 0 Å². The Morgan fingerprint density at radius 3 is 1.24 bits per heavy atom. The van der Waals surface area contributed by atoms with E-state index in [0.29, 0.717) is 23.1 Å². The highest BCUT2D eigenvalue weighted by Gasteiger charge is 2.46. The molecule has 12 rings (SSSR count). The summed E-state index contributed by atoms with van der Waals surface area (Å²) in [5, 5.41) is 0. The van der Waals surface area contributed by atoms with Crippen LogP contribution in [0.4, 0.5) is 0 Å². The molecule has 1 aliphatic carbocycles. The number of hydrogen-bond acceptors (Lipinski definition) is 4. The predicted octanol–water partition coefficient (Wildman–Crippen LogP) is 15.1. The maximum atomic E-state index is 6.50. The van der Waals surface area contributed by atoms with Crippen molar-refractivity contribution >= 4 is 0 Å². The van der Waals surface area contributed by atoms with E-state index in [0.717, 1.165) is 50.5 Å². The minimum Gasteiger partial charge on any atom is -0.450 e. The summed E-state index contributed by atoms with van der Waals surface area (Å²) in [6.45, 7) is 0. The fraction of sp³-hybridized carbons (Fsp3) is 0.0169. The molecular weight excluding hydrogens is 769 g/mol. The zero-order valence-electron chi connectivity index (χ0n) is 34.2. The number of para-hydroxylation sites is 2. The molecule has 0 bridgehead atoms. The van der Waals surface area contributed by atoms with Crippen molar-refractivity contribution < 1.29 is 9.47 Å². The summed E-state index contributed by atoms with van der Waals surface area (Å²) in [5.74, 6) is 3.54. The summed E-state index contributed by atoms with van der Waals surface area (Å²) in [7, 11) is 0. The molecule has 2 heterocycles. The zero-order valence-corrected chi connectivity index (χ0v) is 34.2. The van der Waals surface area contributed by atoms with Crippen LogP contribution in [0, 0.1) is 0 Å². The first-order valence-electron chi connectivity index (χ1n) is 21.3. The molecular formula is C59H38N2O2. The fourth-order valence-corrected chi connectivity index (χ4v) is 9.45. The van der Waals surface area contributed by atoms with Gasteiger partial charge < -0.3 is 9.47 Å². The van der Waals surface area contributed by atoms with Gasteiger partial charge in [-0.2, -0.15) is 0 Å². The van der Waals surface area contributed by atoms with Crippen molar-refractivity contribution in [2.45, 2.75) is 5.41 Å². The molecule has 9 aromatic carbocycles. The van der Waals surface area contributed by atoms with E-state index in [1.807, 2.05) is 54.6 Å². The fourth-order valence-electron chi connectivity index (χ4n) is 9.45. The number of fused-ring (bicyclic) bond motifs is 5. The molecule has 10 aromatic rings. The van der Waals surface area contributed by atoms with Crippen LogP contribution in [0.5, 0.6) is 23.0 Å². The van der Waals surface area contributed by atoms with Crippen LogP contribution in [0.3, 0.4) is 0 Å². The van der Waals surface area contributed by atoms with Crippen LogP contribution in [-0.2, 0) is 5.41 Å². The average Bonchev–Trinajstić information content (AvgIpc) is 3.67. The molecule has 0 amide bonds. The summed E-state index contributed by atoms with van der Waals surface area (Å²) < 4.78 is 12.8. The number of rotatable bonds is 7. The van der Waals surface area contributed by atoms with Gasteiger partial charge in [0, 0.05) is 16.7 Å². The lowest BCUT2D eigenvalue weighted by Gasteiger charge is -2.34. The van der Waals surface area contributed by atoms with Crippen LogP contribution >= 0.6 is 0 Å². The summed E-state index contributed by atoms with van der Waals surface area (Å²) in [5.41, 5.74) is 16.1. The lowest BCUT2D eigenvalue weighted by molar-refractivity contribution is 0.359. The molecule has 4 nitrogen and oxygen atoms in total. The van der Waals surface area contributed by atoms with Gasteiger partial charge in [0.2, 0.25) is 0 Å². The second kappa shape index (κ2) is 15.0. The number of aromatic nitrogens is 2. The molecule has 0 saturated carbocycles. The first-order chi connectivity index (χ1) is 31.2. The Labute approximate surface area is 366 Å². The molecule has 0 fully saturated rings. The molecule has 0 spiro atoms. The second-order valence-electron chi connectivity index (χ2n) is 16.1. The van der Waals surface area contributed by atoms with E-state index in [-0.39, 0.29) is 0 Å². The molecule has 0 radical (unpaired) electrons. The van der Waals surface area contributed by atoms with Crippen molar-refractivity contribution in [2.24, 2.45) is 0 Å². The Morgan fingerprint density at radius 2 is 0.683 bits per heavy atom. The van der Waals surface area contributed by atoms with Crippen molar-refractivity contribution in [2.75, 3.05) is 0 Å². The minimum absolute atomic E-state index is 0.589. The van der Waals surface area contributed by atoms with E-state index in [4.69, 9.17) is 19.4 Å². The smallest absolute Gasteiger partial charge is 0.170 e. The molecule has 0 atom stereocenters. The molecule has 4 heteroatoms. The Kier molecular flexibility index (Phi) is 8.68. The number of ether oxygens (including phenoxy) is 2. The van der Waals surface area contributed by atoms with Crippen LogP contribution in [0.1, 0.15) is 22.3 Å². The lowest BCUT2D eigenvalue weighted by atomic mass is 9.67. The molecule has 2 aliphatic rings. The van der Waals surface area contributed by atoms with Gasteiger partial charge in [0.15, 0.2) is 28.8 Å². The predicted molar refractivity (Wildman–Crippen MR) is 253 cm³/mol. The SMILES string of the molecule is c1ccc(-c2ccc(-c3cc(-c4ccc(-c5ccc(C6(c7ccc8c(c7)Oc7ccccc7O8)c7ccccc7-c7ccccc76)cc5)cc4)nc(-c4ccccc4)n3)cc2)cc1.